The molecule has 0 atom stereocenters. The molecule has 49 heavy (non-hydrogen) atoms. The first-order chi connectivity index (χ1) is 23.5. The second-order valence-corrected chi connectivity index (χ2v) is 12.5. The Balaban J connectivity index is 0.990. The number of aromatic hydroxyl groups is 2. The summed E-state index contributed by atoms with van der Waals surface area (Å²) in [5, 5.41) is 29.3. The number of rotatable bonds is 18. The van der Waals surface area contributed by atoms with E-state index >= 15 is 0 Å². The molecule has 0 saturated heterocycles. The minimum Gasteiger partial charge on any atom is -0.507 e. The molecule has 2 aromatic carbocycles. The van der Waals surface area contributed by atoms with Crippen molar-refractivity contribution >= 4 is 34.9 Å². The molecule has 5 N–H and O–H groups in total. The van der Waals surface area contributed by atoms with Crippen LogP contribution in [0.1, 0.15) is 119 Å². The largest absolute Gasteiger partial charge is 0.507 e. The van der Waals surface area contributed by atoms with Gasteiger partial charge in [0.15, 0.2) is 23.1 Å². The molecule has 2 aliphatic rings. The Bertz CT molecular complexity index is 1580. The monoisotopic (exact) mass is 671 g/mol. The molecule has 0 unspecified atom stereocenters. The molecule has 0 saturated carbocycles. The highest BCUT2D eigenvalue weighted by atomic mass is 16.3. The predicted octanol–water partition coefficient (Wildman–Crippen LogP) is 4.91. The van der Waals surface area contributed by atoms with Crippen LogP contribution in [-0.4, -0.2) is 71.3 Å². The van der Waals surface area contributed by atoms with Gasteiger partial charge in [0.05, 0.1) is 11.1 Å². The molecule has 0 heterocycles. The minimum absolute atomic E-state index is 0.0612. The summed E-state index contributed by atoms with van der Waals surface area (Å²) in [7, 11) is 0. The van der Waals surface area contributed by atoms with Gasteiger partial charge in [-0.05, 0) is 90.4 Å². The summed E-state index contributed by atoms with van der Waals surface area (Å²) in [6, 6.07) is 8.98. The number of hydrogen-bond donors (Lipinski definition) is 5. The van der Waals surface area contributed by atoms with E-state index in [4.69, 9.17) is 0 Å². The van der Waals surface area contributed by atoms with E-state index in [1.165, 1.54) is 12.1 Å². The summed E-state index contributed by atoms with van der Waals surface area (Å²) >= 11 is 0. The maximum Gasteiger partial charge on any atom is 0.219 e. The average Bonchev–Trinajstić information content (AvgIpc) is 3.08. The van der Waals surface area contributed by atoms with Crippen molar-refractivity contribution in [1.29, 1.82) is 0 Å². The third-order valence-corrected chi connectivity index (χ3v) is 9.03. The fourth-order valence-electron chi connectivity index (χ4n) is 6.22. The highest BCUT2D eigenvalue weighted by molar-refractivity contribution is 6.28. The number of carbonyl (C=O) groups excluding carboxylic acids is 6. The van der Waals surface area contributed by atoms with Crippen molar-refractivity contribution < 1.29 is 39.0 Å². The first-order valence-electron chi connectivity index (χ1n) is 17.0. The van der Waals surface area contributed by atoms with Crippen LogP contribution in [0, 0.1) is 0 Å². The van der Waals surface area contributed by atoms with Crippen molar-refractivity contribution in [3.63, 3.8) is 0 Å². The summed E-state index contributed by atoms with van der Waals surface area (Å²) in [6.45, 7) is 5.74. The number of amides is 2. The zero-order valence-electron chi connectivity index (χ0n) is 28.2. The van der Waals surface area contributed by atoms with Crippen LogP contribution < -0.4 is 16.0 Å². The van der Waals surface area contributed by atoms with Crippen LogP contribution in [0.3, 0.4) is 0 Å². The molecule has 260 valence electrons. The number of ketones is 4. The van der Waals surface area contributed by atoms with Gasteiger partial charge in [-0.25, -0.2) is 0 Å². The lowest BCUT2D eigenvalue weighted by molar-refractivity contribution is -0.122. The van der Waals surface area contributed by atoms with Crippen LogP contribution in [0.15, 0.2) is 58.7 Å². The zero-order chi connectivity index (χ0) is 35.5. The molecule has 2 amide bonds. The number of fused-ring (bicyclic) bond motifs is 2. The molecule has 0 radical (unpaired) electrons. The molecule has 2 aliphatic carbocycles. The summed E-state index contributed by atoms with van der Waals surface area (Å²) in [5.74, 6) is -1.68. The number of nitrogens with one attached hydrogen (secondary N) is 3. The minimum atomic E-state index is -0.325. The Morgan fingerprint density at radius 3 is 1.37 bits per heavy atom. The number of unbranched alkanes of at least 4 members (excludes halogenated alkanes) is 2. The second kappa shape index (κ2) is 17.5. The van der Waals surface area contributed by atoms with Crippen molar-refractivity contribution in [3.8, 4) is 11.5 Å². The Morgan fingerprint density at radius 2 is 0.959 bits per heavy atom. The van der Waals surface area contributed by atoms with E-state index < -0.39 is 0 Å². The first kappa shape index (κ1) is 36.9. The lowest BCUT2D eigenvalue weighted by Gasteiger charge is -2.19. The number of carbonyl (C=O) groups is 6. The van der Waals surface area contributed by atoms with E-state index in [0.29, 0.717) is 99.8 Å². The highest BCUT2D eigenvalue weighted by Crippen LogP contribution is 2.35. The van der Waals surface area contributed by atoms with Gasteiger partial charge >= 0.3 is 0 Å². The van der Waals surface area contributed by atoms with Gasteiger partial charge in [-0.1, -0.05) is 24.3 Å². The number of phenolic OH excluding ortho intramolecular Hbond substituents is 2. The second-order valence-electron chi connectivity index (χ2n) is 12.5. The fraction of sp³-hybridized carbons (Fsp3) is 0.421. The van der Waals surface area contributed by atoms with Gasteiger partial charge in [-0.15, -0.1) is 0 Å². The van der Waals surface area contributed by atoms with Crippen LogP contribution >= 0.6 is 0 Å². The lowest BCUT2D eigenvalue weighted by Crippen LogP contribution is -2.29. The van der Waals surface area contributed by atoms with Crippen molar-refractivity contribution in [2.75, 3.05) is 26.2 Å². The van der Waals surface area contributed by atoms with Gasteiger partial charge in [0, 0.05) is 59.4 Å². The summed E-state index contributed by atoms with van der Waals surface area (Å²) < 4.78 is 0. The van der Waals surface area contributed by atoms with Crippen LogP contribution in [0.25, 0.3) is 0 Å². The van der Waals surface area contributed by atoms with E-state index in [-0.39, 0.29) is 68.7 Å². The summed E-state index contributed by atoms with van der Waals surface area (Å²) in [4.78, 5) is 75.5. The smallest absolute Gasteiger partial charge is 0.219 e. The van der Waals surface area contributed by atoms with Gasteiger partial charge in [0.1, 0.15) is 11.5 Å². The van der Waals surface area contributed by atoms with Crippen LogP contribution in [0.5, 0.6) is 11.5 Å². The molecule has 0 bridgehead atoms. The van der Waals surface area contributed by atoms with Gasteiger partial charge in [-0.3, -0.25) is 28.8 Å². The molecule has 11 nitrogen and oxygen atoms in total. The molecule has 2 aromatic rings. The number of phenols is 2. The highest BCUT2D eigenvalue weighted by Gasteiger charge is 2.32. The molecule has 0 aliphatic heterocycles. The van der Waals surface area contributed by atoms with E-state index in [1.54, 1.807) is 38.1 Å². The molecule has 11 heteroatoms. The number of hydrogen-bond acceptors (Lipinski definition) is 9. The number of Topliss-reactive ketones (excluding diaryl/α,β-unsaturated/α-hetero) is 4. The quantitative estimate of drug-likeness (QED) is 0.138. The van der Waals surface area contributed by atoms with Gasteiger partial charge in [0.2, 0.25) is 11.8 Å². The van der Waals surface area contributed by atoms with Crippen LogP contribution in [0.2, 0.25) is 0 Å². The Kier molecular flexibility index (Phi) is 13.2. The molecule has 4 rings (SSSR count). The first-order valence-corrected chi connectivity index (χ1v) is 17.0. The molecular weight excluding hydrogens is 626 g/mol. The maximum atomic E-state index is 12.9. The summed E-state index contributed by atoms with van der Waals surface area (Å²) in [5.41, 5.74) is 2.17. The van der Waals surface area contributed by atoms with E-state index in [9.17, 15) is 39.0 Å². The third-order valence-electron chi connectivity index (χ3n) is 9.03. The van der Waals surface area contributed by atoms with Crippen LogP contribution in [0.4, 0.5) is 0 Å². The molecule has 0 spiro atoms. The van der Waals surface area contributed by atoms with Crippen molar-refractivity contribution in [2.45, 2.75) is 78.1 Å². The molecule has 0 aromatic heterocycles. The fourth-order valence-corrected chi connectivity index (χ4v) is 6.22. The third kappa shape index (κ3) is 9.17. The Morgan fingerprint density at radius 1 is 0.551 bits per heavy atom. The van der Waals surface area contributed by atoms with Crippen molar-refractivity contribution in [2.24, 2.45) is 0 Å². The topological polar surface area (TPSA) is 179 Å². The molecule has 0 fully saturated rings. The van der Waals surface area contributed by atoms with E-state index in [1.807, 2.05) is 0 Å². The predicted molar refractivity (Wildman–Crippen MR) is 184 cm³/mol. The van der Waals surface area contributed by atoms with E-state index in [2.05, 4.69) is 16.0 Å². The SMILES string of the molecule is CC1=C(CCCCC(=O)NCCCNCCCNC(=O)CCCCC2=C(C)C(=O)c3cccc(O)c3C2=O)C(=O)c2c(O)cccc2C1=O. The number of allylic oxidation sites excluding steroid dienone is 4. The summed E-state index contributed by atoms with van der Waals surface area (Å²) in [6.07, 6.45) is 5.15. The Labute approximate surface area is 286 Å². The van der Waals surface area contributed by atoms with Gasteiger partial charge in [0.25, 0.3) is 0 Å². The lowest BCUT2D eigenvalue weighted by atomic mass is 9.82. The normalized spacial score (nSPS) is 14.2. The zero-order valence-corrected chi connectivity index (χ0v) is 28.2. The average molecular weight is 672 g/mol. The van der Waals surface area contributed by atoms with Gasteiger partial charge in [-0.2, -0.15) is 0 Å². The van der Waals surface area contributed by atoms with Crippen LogP contribution in [-0.2, 0) is 9.59 Å². The molecular formula is C38H45N3O8. The maximum absolute atomic E-state index is 12.9. The standard InChI is InChI=1S/C38H45N3O8/c1-23-25(37(48)33-27(35(23)46)13-7-15-29(33)42)11-3-5-17-31(44)40-21-9-19-39-20-10-22-41-32(45)18-6-4-12-26-24(2)36(47)28-14-8-16-30(43)34(28)38(26)49/h7-8,13-16,39,42-43H,3-6,9-12,17-22H2,1-2H3,(H,40,44)(H,41,45). The number of benzene rings is 2. The van der Waals surface area contributed by atoms with Crippen molar-refractivity contribution in [1.82, 2.24) is 16.0 Å². The van der Waals surface area contributed by atoms with Crippen molar-refractivity contribution in [3.05, 3.63) is 80.9 Å². The van der Waals surface area contributed by atoms with E-state index in [0.717, 1.165) is 12.8 Å². The van der Waals surface area contributed by atoms with Gasteiger partial charge < -0.3 is 26.2 Å². The Hall–Kier alpha value is -4.90.